The fourth-order valence-corrected chi connectivity index (χ4v) is 3.09. The van der Waals surface area contributed by atoms with Gasteiger partial charge >= 0.3 is 0 Å². The molecule has 2 aliphatic rings. The summed E-state index contributed by atoms with van der Waals surface area (Å²) < 4.78 is 12.6. The SMILES string of the molecule is O=[N+]([O-])c1ccc(C2=Nn3cnnc3Cc3cc4c(cc32)OCO4)cc1. The minimum atomic E-state index is -0.428. The number of rotatable bonds is 2. The summed E-state index contributed by atoms with van der Waals surface area (Å²) in [6.45, 7) is 0.179. The first-order valence-electron chi connectivity index (χ1n) is 7.84. The van der Waals surface area contributed by atoms with E-state index >= 15 is 0 Å². The Hall–Kier alpha value is -3.75. The normalized spacial score (nSPS) is 14.2. The molecule has 9 nitrogen and oxygen atoms in total. The molecular weight excluding hydrogens is 338 g/mol. The van der Waals surface area contributed by atoms with Crippen LogP contribution in [0, 0.1) is 10.1 Å². The van der Waals surface area contributed by atoms with Gasteiger partial charge in [0, 0.05) is 29.7 Å². The van der Waals surface area contributed by atoms with E-state index in [2.05, 4.69) is 15.3 Å². The predicted octanol–water partition coefficient (Wildman–Crippen LogP) is 2.12. The van der Waals surface area contributed by atoms with Gasteiger partial charge in [-0.05, 0) is 29.8 Å². The summed E-state index contributed by atoms with van der Waals surface area (Å²) in [5.41, 5.74) is 3.27. The number of nitro benzene ring substituents is 1. The molecule has 0 fully saturated rings. The van der Waals surface area contributed by atoms with Crippen LogP contribution in [0.2, 0.25) is 0 Å². The zero-order valence-electron chi connectivity index (χ0n) is 13.3. The minimum Gasteiger partial charge on any atom is -0.454 e. The zero-order chi connectivity index (χ0) is 17.7. The number of fused-ring (bicyclic) bond motifs is 3. The predicted molar refractivity (Wildman–Crippen MR) is 89.5 cm³/mol. The van der Waals surface area contributed by atoms with Crippen molar-refractivity contribution in [3.8, 4) is 11.5 Å². The van der Waals surface area contributed by atoms with Crippen molar-refractivity contribution in [1.82, 2.24) is 14.9 Å². The van der Waals surface area contributed by atoms with E-state index in [1.165, 1.54) is 18.5 Å². The molecule has 9 heteroatoms. The average molecular weight is 349 g/mol. The van der Waals surface area contributed by atoms with Crippen LogP contribution < -0.4 is 9.47 Å². The molecule has 0 radical (unpaired) electrons. The first-order chi connectivity index (χ1) is 12.7. The summed E-state index contributed by atoms with van der Waals surface area (Å²) in [4.78, 5) is 10.5. The number of nitro groups is 1. The van der Waals surface area contributed by atoms with E-state index in [-0.39, 0.29) is 12.5 Å². The average Bonchev–Trinajstić information content (AvgIpc) is 3.25. The van der Waals surface area contributed by atoms with Crippen LogP contribution in [0.25, 0.3) is 0 Å². The largest absolute Gasteiger partial charge is 0.454 e. The highest BCUT2D eigenvalue weighted by atomic mass is 16.7. The molecule has 0 spiro atoms. The quantitative estimate of drug-likeness (QED) is 0.405. The van der Waals surface area contributed by atoms with Crippen molar-refractivity contribution in [2.24, 2.45) is 5.10 Å². The van der Waals surface area contributed by atoms with E-state index in [9.17, 15) is 10.1 Å². The summed E-state index contributed by atoms with van der Waals surface area (Å²) in [6.07, 6.45) is 2.07. The second kappa shape index (κ2) is 5.38. The Labute approximate surface area is 146 Å². The fraction of sp³-hybridized carbons (Fsp3) is 0.118. The second-order valence-corrected chi connectivity index (χ2v) is 5.88. The molecule has 5 rings (SSSR count). The summed E-state index contributed by atoms with van der Waals surface area (Å²) >= 11 is 0. The number of ether oxygens (including phenoxy) is 2. The first-order valence-corrected chi connectivity index (χ1v) is 7.84. The van der Waals surface area contributed by atoms with Crippen molar-refractivity contribution in [3.05, 3.63) is 75.4 Å². The molecule has 1 aromatic heterocycles. The molecule has 3 heterocycles. The summed E-state index contributed by atoms with van der Waals surface area (Å²) in [6, 6.07) is 10.1. The van der Waals surface area contributed by atoms with Crippen LogP contribution in [-0.2, 0) is 6.42 Å². The fourth-order valence-electron chi connectivity index (χ4n) is 3.09. The molecule has 2 aliphatic heterocycles. The molecule has 0 N–H and O–H groups in total. The van der Waals surface area contributed by atoms with Gasteiger partial charge in [0.05, 0.1) is 10.6 Å². The van der Waals surface area contributed by atoms with Gasteiger partial charge in [-0.2, -0.15) is 5.10 Å². The molecule has 2 aromatic carbocycles. The third-order valence-corrected chi connectivity index (χ3v) is 4.36. The topological polar surface area (TPSA) is 105 Å². The number of nitrogens with zero attached hydrogens (tertiary/aromatic N) is 5. The van der Waals surface area contributed by atoms with Crippen LogP contribution in [-0.4, -0.2) is 32.3 Å². The molecule has 0 unspecified atom stereocenters. The smallest absolute Gasteiger partial charge is 0.269 e. The maximum absolute atomic E-state index is 10.9. The van der Waals surface area contributed by atoms with Crippen LogP contribution >= 0.6 is 0 Å². The Morgan fingerprint density at radius 3 is 2.65 bits per heavy atom. The van der Waals surface area contributed by atoms with Gasteiger partial charge in [-0.1, -0.05) is 0 Å². The van der Waals surface area contributed by atoms with E-state index in [1.807, 2.05) is 12.1 Å². The van der Waals surface area contributed by atoms with Gasteiger partial charge in [0.25, 0.3) is 5.69 Å². The van der Waals surface area contributed by atoms with Crippen LogP contribution in [0.5, 0.6) is 11.5 Å². The van der Waals surface area contributed by atoms with E-state index in [4.69, 9.17) is 9.47 Å². The van der Waals surface area contributed by atoms with Crippen LogP contribution in [0.1, 0.15) is 22.5 Å². The molecule has 3 aromatic rings. The number of aromatic nitrogens is 3. The van der Waals surface area contributed by atoms with Gasteiger partial charge in [0.2, 0.25) is 6.79 Å². The summed E-state index contributed by atoms with van der Waals surface area (Å²) in [5, 5.41) is 23.6. The summed E-state index contributed by atoms with van der Waals surface area (Å²) in [7, 11) is 0. The first kappa shape index (κ1) is 14.6. The molecule has 0 saturated carbocycles. The maximum Gasteiger partial charge on any atom is 0.269 e. The van der Waals surface area contributed by atoms with Gasteiger partial charge in [0.1, 0.15) is 6.33 Å². The molecule has 0 bridgehead atoms. The van der Waals surface area contributed by atoms with Gasteiger partial charge in [-0.15, -0.1) is 10.2 Å². The van der Waals surface area contributed by atoms with E-state index in [0.29, 0.717) is 29.5 Å². The van der Waals surface area contributed by atoms with Gasteiger partial charge in [-0.25, -0.2) is 4.68 Å². The Kier molecular flexibility index (Phi) is 3.02. The monoisotopic (exact) mass is 349 g/mol. The minimum absolute atomic E-state index is 0.0267. The second-order valence-electron chi connectivity index (χ2n) is 5.88. The molecule has 0 amide bonds. The Morgan fingerprint density at radius 2 is 1.88 bits per heavy atom. The van der Waals surface area contributed by atoms with Crippen molar-refractivity contribution >= 4 is 11.4 Å². The molecular formula is C17H11N5O4. The van der Waals surface area contributed by atoms with Crippen molar-refractivity contribution in [2.45, 2.75) is 6.42 Å². The highest BCUT2D eigenvalue weighted by Crippen LogP contribution is 2.37. The molecule has 0 saturated heterocycles. The lowest BCUT2D eigenvalue weighted by atomic mass is 9.95. The summed E-state index contributed by atoms with van der Waals surface area (Å²) in [5.74, 6) is 2.03. The standard InChI is InChI=1S/C17H11N5O4/c23-22(24)12-3-1-10(2-4-12)17-13-7-15-14(25-9-26-15)5-11(13)6-16-19-18-8-21(16)20-17/h1-5,7-8H,6,9H2. The van der Waals surface area contributed by atoms with Crippen LogP contribution in [0.3, 0.4) is 0 Å². The van der Waals surface area contributed by atoms with Crippen LogP contribution in [0.15, 0.2) is 47.8 Å². The van der Waals surface area contributed by atoms with Gasteiger partial charge in [0.15, 0.2) is 17.3 Å². The third-order valence-electron chi connectivity index (χ3n) is 4.36. The van der Waals surface area contributed by atoms with Gasteiger partial charge in [-0.3, -0.25) is 10.1 Å². The number of non-ortho nitro benzene ring substituents is 1. The highest BCUT2D eigenvalue weighted by molar-refractivity contribution is 6.14. The Balaban J connectivity index is 1.71. The Bertz CT molecular complexity index is 1070. The van der Waals surface area contributed by atoms with Crippen molar-refractivity contribution in [2.75, 3.05) is 6.79 Å². The molecule has 26 heavy (non-hydrogen) atoms. The molecule has 0 aliphatic carbocycles. The number of benzene rings is 2. The van der Waals surface area contributed by atoms with Gasteiger partial charge < -0.3 is 9.47 Å². The third kappa shape index (κ3) is 2.21. The number of hydrogen-bond acceptors (Lipinski definition) is 7. The van der Waals surface area contributed by atoms with Crippen molar-refractivity contribution in [3.63, 3.8) is 0 Å². The molecule has 0 atom stereocenters. The highest BCUT2D eigenvalue weighted by Gasteiger charge is 2.25. The zero-order valence-corrected chi connectivity index (χ0v) is 13.3. The van der Waals surface area contributed by atoms with Crippen LogP contribution in [0.4, 0.5) is 5.69 Å². The lowest BCUT2D eigenvalue weighted by Gasteiger charge is -2.10. The van der Waals surface area contributed by atoms with E-state index < -0.39 is 4.92 Å². The van der Waals surface area contributed by atoms with Crippen molar-refractivity contribution < 1.29 is 14.4 Å². The van der Waals surface area contributed by atoms with E-state index in [0.717, 1.165) is 16.7 Å². The lowest BCUT2D eigenvalue weighted by molar-refractivity contribution is -0.384. The Morgan fingerprint density at radius 1 is 1.12 bits per heavy atom. The number of hydrogen-bond donors (Lipinski definition) is 0. The van der Waals surface area contributed by atoms with Crippen molar-refractivity contribution in [1.29, 1.82) is 0 Å². The molecule has 128 valence electrons. The maximum atomic E-state index is 10.9. The lowest BCUT2D eigenvalue weighted by Crippen LogP contribution is -2.07. The van der Waals surface area contributed by atoms with E-state index in [1.54, 1.807) is 16.8 Å².